The maximum atomic E-state index is 12.7. The highest BCUT2D eigenvalue weighted by Crippen LogP contribution is 2.26. The summed E-state index contributed by atoms with van der Waals surface area (Å²) in [4.78, 5) is 24.9. The van der Waals surface area contributed by atoms with Gasteiger partial charge in [-0.25, -0.2) is 0 Å². The van der Waals surface area contributed by atoms with Crippen LogP contribution in [0.1, 0.15) is 20.7 Å². The molecule has 0 unspecified atom stereocenters. The van der Waals surface area contributed by atoms with Gasteiger partial charge in [-0.15, -0.1) is 0 Å². The van der Waals surface area contributed by atoms with Gasteiger partial charge in [0.2, 0.25) is 0 Å². The summed E-state index contributed by atoms with van der Waals surface area (Å²) in [6.07, 6.45) is 7.07. The maximum Gasteiger partial charge on any atom is 0.187 e. The Morgan fingerprint density at radius 2 is 1.29 bits per heavy atom. The smallest absolute Gasteiger partial charge is 0.187 e. The lowest BCUT2D eigenvalue weighted by Crippen LogP contribution is -2.15. The first-order valence-electron chi connectivity index (χ1n) is 9.27. The molecular weight excluding hydrogens is 344 g/mol. The maximum absolute atomic E-state index is 12.7. The predicted molar refractivity (Wildman–Crippen MR) is 112 cm³/mol. The van der Waals surface area contributed by atoms with Crippen LogP contribution in [0.25, 0.3) is 33.7 Å². The van der Waals surface area contributed by atoms with E-state index in [1.807, 2.05) is 42.5 Å². The Hall–Kier alpha value is -3.78. The minimum atomic E-state index is 0.0417. The fourth-order valence-corrected chi connectivity index (χ4v) is 4.31. The number of Topliss-reactive ketones (excluding diaryl/α,β-unsaturated/α-hetero) is 1. The van der Waals surface area contributed by atoms with Gasteiger partial charge in [-0.1, -0.05) is 36.4 Å². The first kappa shape index (κ1) is 15.3. The highest BCUT2D eigenvalue weighted by Gasteiger charge is 2.13. The highest BCUT2D eigenvalue weighted by atomic mass is 16.1. The second-order valence-electron chi connectivity index (χ2n) is 7.37. The molecule has 0 amide bonds. The van der Waals surface area contributed by atoms with E-state index >= 15 is 0 Å². The fourth-order valence-electron chi connectivity index (χ4n) is 4.31. The third kappa shape index (κ3) is 2.09. The second-order valence-corrected chi connectivity index (χ2v) is 7.37. The van der Waals surface area contributed by atoms with Gasteiger partial charge in [-0.3, -0.25) is 9.59 Å². The predicted octanol–water partition coefficient (Wildman–Crippen LogP) is 3.79. The number of rotatable bonds is 0. The van der Waals surface area contributed by atoms with Crippen molar-refractivity contribution in [2.45, 2.75) is 0 Å². The zero-order chi connectivity index (χ0) is 18.8. The van der Waals surface area contributed by atoms with Gasteiger partial charge >= 0.3 is 0 Å². The number of ketones is 2. The van der Waals surface area contributed by atoms with E-state index in [9.17, 15) is 9.59 Å². The minimum Gasteiger partial charge on any atom is -0.289 e. The molecule has 2 nitrogen and oxygen atoms in total. The molecule has 0 saturated heterocycles. The molecule has 2 aliphatic carbocycles. The van der Waals surface area contributed by atoms with Crippen LogP contribution in [-0.4, -0.2) is 11.6 Å². The Morgan fingerprint density at radius 1 is 0.571 bits per heavy atom. The number of hydrogen-bond donors (Lipinski definition) is 0. The molecule has 0 atom stereocenters. The number of hydrogen-bond acceptors (Lipinski definition) is 2. The van der Waals surface area contributed by atoms with E-state index in [1.54, 1.807) is 18.2 Å². The van der Waals surface area contributed by atoms with E-state index in [1.165, 1.54) is 0 Å². The molecule has 0 N–H and O–H groups in total. The molecule has 0 aliphatic heterocycles. The average Bonchev–Trinajstić information content (AvgIpc) is 2.70. The molecule has 0 saturated carbocycles. The topological polar surface area (TPSA) is 34.1 Å². The normalized spacial score (nSPS) is 14.3. The van der Waals surface area contributed by atoms with Crippen molar-refractivity contribution in [2.24, 2.45) is 0 Å². The molecule has 0 heterocycles. The highest BCUT2D eigenvalue weighted by molar-refractivity contribution is 6.19. The molecule has 0 bridgehead atoms. The first-order valence-corrected chi connectivity index (χ1v) is 9.27. The van der Waals surface area contributed by atoms with E-state index in [-0.39, 0.29) is 11.6 Å². The van der Waals surface area contributed by atoms with Crippen LogP contribution in [0.3, 0.4) is 0 Å². The van der Waals surface area contributed by atoms with E-state index in [4.69, 9.17) is 0 Å². The Kier molecular flexibility index (Phi) is 2.93. The van der Waals surface area contributed by atoms with Gasteiger partial charge in [-0.05, 0) is 91.0 Å². The summed E-state index contributed by atoms with van der Waals surface area (Å²) in [5, 5.41) is 8.16. The first-order chi connectivity index (χ1) is 13.7. The van der Waals surface area contributed by atoms with Crippen molar-refractivity contribution in [1.82, 2.24) is 0 Å². The SMILES string of the molecule is O=C1C=CC=c2cc3cc4cc5c(cc4cc3cc21)=c1ccccc1=CC5=O. The lowest BCUT2D eigenvalue weighted by Gasteiger charge is -2.10. The molecule has 2 aliphatic rings. The van der Waals surface area contributed by atoms with Crippen molar-refractivity contribution in [3.05, 3.63) is 105 Å². The summed E-state index contributed by atoms with van der Waals surface area (Å²) in [6, 6.07) is 20.3. The number of allylic oxidation sites excluding steroid dienone is 2. The number of carbonyl (C=O) groups is 2. The summed E-state index contributed by atoms with van der Waals surface area (Å²) < 4.78 is 0. The monoisotopic (exact) mass is 358 g/mol. The van der Waals surface area contributed by atoms with Crippen molar-refractivity contribution in [3.63, 3.8) is 0 Å². The van der Waals surface area contributed by atoms with Crippen LogP contribution in [0.2, 0.25) is 0 Å². The Bertz CT molecular complexity index is 1640. The third-order valence-corrected chi connectivity index (χ3v) is 5.69. The van der Waals surface area contributed by atoms with Crippen molar-refractivity contribution < 1.29 is 9.59 Å². The van der Waals surface area contributed by atoms with Gasteiger partial charge in [0, 0.05) is 11.1 Å². The van der Waals surface area contributed by atoms with E-state index < -0.39 is 0 Å². The van der Waals surface area contributed by atoms with Gasteiger partial charge in [-0.2, -0.15) is 0 Å². The zero-order valence-electron chi connectivity index (χ0n) is 14.9. The van der Waals surface area contributed by atoms with Gasteiger partial charge in [0.05, 0.1) is 0 Å². The van der Waals surface area contributed by atoms with Crippen LogP contribution in [0.4, 0.5) is 0 Å². The average molecular weight is 358 g/mol. The van der Waals surface area contributed by atoms with E-state index in [0.29, 0.717) is 0 Å². The summed E-state index contributed by atoms with van der Waals surface area (Å²) in [5.74, 6) is 0.0882. The third-order valence-electron chi connectivity index (χ3n) is 5.69. The molecule has 2 heteroatoms. The van der Waals surface area contributed by atoms with Gasteiger partial charge in [0.25, 0.3) is 0 Å². The van der Waals surface area contributed by atoms with Crippen molar-refractivity contribution >= 4 is 45.3 Å². The fraction of sp³-hybridized carbons (Fsp3) is 0. The van der Waals surface area contributed by atoms with Crippen LogP contribution in [0.15, 0.2) is 72.8 Å². The van der Waals surface area contributed by atoms with Crippen molar-refractivity contribution in [2.75, 3.05) is 0 Å². The molecule has 0 spiro atoms. The Morgan fingerprint density at radius 3 is 2.14 bits per heavy atom. The van der Waals surface area contributed by atoms with E-state index in [0.717, 1.165) is 53.5 Å². The summed E-state index contributed by atoms with van der Waals surface area (Å²) in [6.45, 7) is 0. The molecular formula is C26H14O2. The van der Waals surface area contributed by atoms with Crippen LogP contribution >= 0.6 is 0 Å². The van der Waals surface area contributed by atoms with E-state index in [2.05, 4.69) is 24.3 Å². The minimum absolute atomic E-state index is 0.0417. The molecule has 4 aromatic carbocycles. The van der Waals surface area contributed by atoms with Gasteiger partial charge in [0.1, 0.15) is 0 Å². The molecule has 4 aromatic rings. The van der Waals surface area contributed by atoms with Crippen LogP contribution < -0.4 is 10.4 Å². The molecule has 130 valence electrons. The molecule has 6 rings (SSSR count). The van der Waals surface area contributed by atoms with Crippen LogP contribution in [-0.2, 0) is 0 Å². The van der Waals surface area contributed by atoms with Crippen LogP contribution in [0, 0.1) is 10.4 Å². The zero-order valence-corrected chi connectivity index (χ0v) is 14.9. The molecule has 0 radical (unpaired) electrons. The summed E-state index contributed by atoms with van der Waals surface area (Å²) in [7, 11) is 0. The Labute approximate surface area is 160 Å². The number of benzene rings is 4. The molecule has 0 aromatic heterocycles. The Balaban J connectivity index is 1.77. The molecule has 0 fully saturated rings. The largest absolute Gasteiger partial charge is 0.289 e. The van der Waals surface area contributed by atoms with Crippen molar-refractivity contribution in [1.29, 1.82) is 0 Å². The standard InChI is InChI=1S/C26H14O2/c27-25-7-3-5-15-8-17-9-20-13-24-23(12-19(20)10-18(17)11-22(15)25)21-6-2-1-4-16(21)14-26(24)28/h1-14H. The van der Waals surface area contributed by atoms with Gasteiger partial charge in [0.15, 0.2) is 11.6 Å². The number of carbonyl (C=O) groups excluding carboxylic acids is 2. The summed E-state index contributed by atoms with van der Waals surface area (Å²) in [5.41, 5.74) is 1.48. The van der Waals surface area contributed by atoms with Crippen LogP contribution in [0.5, 0.6) is 0 Å². The summed E-state index contributed by atoms with van der Waals surface area (Å²) >= 11 is 0. The molecule has 28 heavy (non-hydrogen) atoms. The van der Waals surface area contributed by atoms with Crippen molar-refractivity contribution in [3.8, 4) is 0 Å². The lowest BCUT2D eigenvalue weighted by atomic mass is 9.92. The second kappa shape index (κ2) is 5.37. The quantitative estimate of drug-likeness (QED) is 0.448. The van der Waals surface area contributed by atoms with Gasteiger partial charge < -0.3 is 0 Å². The number of fused-ring (bicyclic) bond motifs is 5. The lowest BCUT2D eigenvalue weighted by molar-refractivity contribution is 0.104.